The van der Waals surface area contributed by atoms with Crippen molar-refractivity contribution in [3.05, 3.63) is 0 Å². The average Bonchev–Trinajstić information content (AvgIpc) is 2.71. The SMILES string of the molecule is CC#CCCNC(=O)CC1(CC(=O)O)CCCC1. The lowest BCUT2D eigenvalue weighted by molar-refractivity contribution is -0.140. The minimum absolute atomic E-state index is 0.0453. The summed E-state index contributed by atoms with van der Waals surface area (Å²) < 4.78 is 0. The van der Waals surface area contributed by atoms with Gasteiger partial charge in [-0.2, -0.15) is 0 Å². The smallest absolute Gasteiger partial charge is 0.303 e. The van der Waals surface area contributed by atoms with E-state index in [1.165, 1.54) is 0 Å². The van der Waals surface area contributed by atoms with Gasteiger partial charge in [-0.05, 0) is 25.2 Å². The van der Waals surface area contributed by atoms with Crippen molar-refractivity contribution in [3.8, 4) is 11.8 Å². The molecule has 0 saturated heterocycles. The van der Waals surface area contributed by atoms with Gasteiger partial charge in [-0.25, -0.2) is 0 Å². The highest BCUT2D eigenvalue weighted by Crippen LogP contribution is 2.43. The molecule has 0 aromatic carbocycles. The van der Waals surface area contributed by atoms with Gasteiger partial charge in [0.15, 0.2) is 0 Å². The minimum Gasteiger partial charge on any atom is -0.481 e. The number of amides is 1. The predicted molar refractivity (Wildman–Crippen MR) is 68.8 cm³/mol. The molecule has 0 aliphatic heterocycles. The van der Waals surface area contributed by atoms with E-state index in [-0.39, 0.29) is 17.7 Å². The third-order valence-electron chi connectivity index (χ3n) is 3.47. The third kappa shape index (κ3) is 4.79. The summed E-state index contributed by atoms with van der Waals surface area (Å²) in [7, 11) is 0. The normalized spacial score (nSPS) is 16.7. The molecule has 0 aromatic rings. The molecular weight excluding hydrogens is 230 g/mol. The molecule has 2 N–H and O–H groups in total. The standard InChI is InChI=1S/C14H21NO3/c1-2-3-6-9-15-12(16)10-14(11-13(17)18)7-4-5-8-14/h4-11H2,1H3,(H,15,16)(H,17,18). The number of carbonyl (C=O) groups excluding carboxylic acids is 1. The molecule has 1 saturated carbocycles. The molecule has 0 radical (unpaired) electrons. The molecule has 0 spiro atoms. The van der Waals surface area contributed by atoms with Gasteiger partial charge in [0.2, 0.25) is 5.91 Å². The van der Waals surface area contributed by atoms with Gasteiger partial charge in [-0.3, -0.25) is 9.59 Å². The van der Waals surface area contributed by atoms with E-state index in [0.717, 1.165) is 25.7 Å². The maximum absolute atomic E-state index is 11.8. The summed E-state index contributed by atoms with van der Waals surface area (Å²) >= 11 is 0. The Morgan fingerprint density at radius 2 is 1.94 bits per heavy atom. The van der Waals surface area contributed by atoms with Gasteiger partial charge in [0.05, 0.1) is 6.42 Å². The zero-order valence-electron chi connectivity index (χ0n) is 10.9. The number of carboxylic acid groups (broad SMARTS) is 1. The summed E-state index contributed by atoms with van der Waals surface area (Å²) in [6.45, 7) is 2.31. The van der Waals surface area contributed by atoms with Gasteiger partial charge in [0, 0.05) is 19.4 Å². The lowest BCUT2D eigenvalue weighted by Crippen LogP contribution is -2.32. The zero-order chi connectivity index (χ0) is 13.4. The highest BCUT2D eigenvalue weighted by molar-refractivity contribution is 5.78. The molecule has 18 heavy (non-hydrogen) atoms. The maximum Gasteiger partial charge on any atom is 0.303 e. The Morgan fingerprint density at radius 3 is 2.50 bits per heavy atom. The molecule has 0 unspecified atom stereocenters. The van der Waals surface area contributed by atoms with Crippen molar-refractivity contribution in [2.24, 2.45) is 5.41 Å². The van der Waals surface area contributed by atoms with Crippen LogP contribution in [0.4, 0.5) is 0 Å². The summed E-state index contributed by atoms with van der Waals surface area (Å²) in [4.78, 5) is 22.7. The highest BCUT2D eigenvalue weighted by Gasteiger charge is 2.37. The average molecular weight is 251 g/mol. The lowest BCUT2D eigenvalue weighted by atomic mass is 9.79. The summed E-state index contributed by atoms with van der Waals surface area (Å²) in [6, 6.07) is 0. The minimum atomic E-state index is -0.804. The molecule has 0 atom stereocenters. The zero-order valence-corrected chi connectivity index (χ0v) is 10.9. The monoisotopic (exact) mass is 251 g/mol. The number of carboxylic acids is 1. The van der Waals surface area contributed by atoms with Crippen LogP contribution in [0.25, 0.3) is 0 Å². The van der Waals surface area contributed by atoms with E-state index < -0.39 is 5.97 Å². The van der Waals surface area contributed by atoms with Crippen molar-refractivity contribution in [1.29, 1.82) is 0 Å². The van der Waals surface area contributed by atoms with Crippen LogP contribution in [0.3, 0.4) is 0 Å². The fourth-order valence-electron chi connectivity index (χ4n) is 2.65. The van der Waals surface area contributed by atoms with E-state index in [1.54, 1.807) is 6.92 Å². The largest absolute Gasteiger partial charge is 0.481 e. The second-order valence-electron chi connectivity index (χ2n) is 4.98. The van der Waals surface area contributed by atoms with Crippen LogP contribution < -0.4 is 5.32 Å². The van der Waals surface area contributed by atoms with Crippen molar-refractivity contribution < 1.29 is 14.7 Å². The maximum atomic E-state index is 11.8. The number of rotatable bonds is 6. The van der Waals surface area contributed by atoms with Crippen LogP contribution in [0.2, 0.25) is 0 Å². The van der Waals surface area contributed by atoms with Crippen molar-refractivity contribution in [3.63, 3.8) is 0 Å². The van der Waals surface area contributed by atoms with Gasteiger partial charge in [0.1, 0.15) is 0 Å². The fraction of sp³-hybridized carbons (Fsp3) is 0.714. The van der Waals surface area contributed by atoms with Crippen LogP contribution in [0.15, 0.2) is 0 Å². The molecule has 4 nitrogen and oxygen atoms in total. The number of hydrogen-bond acceptors (Lipinski definition) is 2. The Labute approximate surface area is 108 Å². The summed E-state index contributed by atoms with van der Waals surface area (Å²) in [5, 5.41) is 11.8. The molecule has 0 aromatic heterocycles. The van der Waals surface area contributed by atoms with Crippen LogP contribution in [0, 0.1) is 17.3 Å². The van der Waals surface area contributed by atoms with E-state index in [1.807, 2.05) is 0 Å². The van der Waals surface area contributed by atoms with E-state index in [9.17, 15) is 9.59 Å². The second kappa shape index (κ2) is 7.05. The van der Waals surface area contributed by atoms with Gasteiger partial charge >= 0.3 is 5.97 Å². The predicted octanol–water partition coefficient (Wildman–Crippen LogP) is 1.94. The number of carbonyl (C=O) groups is 2. The van der Waals surface area contributed by atoms with Crippen molar-refractivity contribution in [2.75, 3.05) is 6.54 Å². The highest BCUT2D eigenvalue weighted by atomic mass is 16.4. The molecule has 1 fully saturated rings. The first-order valence-corrected chi connectivity index (χ1v) is 6.46. The molecular formula is C14H21NO3. The van der Waals surface area contributed by atoms with Crippen molar-refractivity contribution in [1.82, 2.24) is 5.32 Å². The third-order valence-corrected chi connectivity index (χ3v) is 3.47. The van der Waals surface area contributed by atoms with E-state index in [4.69, 9.17) is 5.11 Å². The molecule has 4 heteroatoms. The molecule has 0 bridgehead atoms. The molecule has 100 valence electrons. The molecule has 1 aliphatic carbocycles. The van der Waals surface area contributed by atoms with E-state index >= 15 is 0 Å². The van der Waals surface area contributed by atoms with Crippen molar-refractivity contribution >= 4 is 11.9 Å². The fourth-order valence-corrected chi connectivity index (χ4v) is 2.65. The van der Waals surface area contributed by atoms with E-state index in [0.29, 0.717) is 19.4 Å². The van der Waals surface area contributed by atoms with Gasteiger partial charge < -0.3 is 10.4 Å². The number of aliphatic carboxylic acids is 1. The summed E-state index contributed by atoms with van der Waals surface area (Å²) in [6.07, 6.45) is 4.84. The lowest BCUT2D eigenvalue weighted by Gasteiger charge is -2.26. The quantitative estimate of drug-likeness (QED) is 0.560. The number of nitrogens with one attached hydrogen (secondary N) is 1. The van der Waals surface area contributed by atoms with Gasteiger partial charge in [0.25, 0.3) is 0 Å². The van der Waals surface area contributed by atoms with Crippen LogP contribution in [0.1, 0.15) is 51.9 Å². The number of hydrogen-bond donors (Lipinski definition) is 2. The van der Waals surface area contributed by atoms with Crippen molar-refractivity contribution in [2.45, 2.75) is 51.9 Å². The Hall–Kier alpha value is -1.50. The van der Waals surface area contributed by atoms with Crippen LogP contribution in [-0.4, -0.2) is 23.5 Å². The topological polar surface area (TPSA) is 66.4 Å². The Bertz CT molecular complexity index is 359. The summed E-state index contributed by atoms with van der Waals surface area (Å²) in [5.74, 6) is 4.80. The Balaban J connectivity index is 2.42. The van der Waals surface area contributed by atoms with Gasteiger partial charge in [-0.1, -0.05) is 12.8 Å². The van der Waals surface area contributed by atoms with Crippen LogP contribution >= 0.6 is 0 Å². The molecule has 0 heterocycles. The van der Waals surface area contributed by atoms with Gasteiger partial charge in [-0.15, -0.1) is 11.8 Å². The Kier molecular flexibility index (Phi) is 5.70. The second-order valence-corrected chi connectivity index (χ2v) is 4.98. The molecule has 1 aliphatic rings. The first-order valence-electron chi connectivity index (χ1n) is 6.46. The molecule has 1 rings (SSSR count). The summed E-state index contributed by atoms with van der Waals surface area (Å²) in [5.41, 5.74) is -0.313. The first-order chi connectivity index (χ1) is 8.58. The van der Waals surface area contributed by atoms with Crippen LogP contribution in [0.5, 0.6) is 0 Å². The van der Waals surface area contributed by atoms with Crippen LogP contribution in [-0.2, 0) is 9.59 Å². The van der Waals surface area contributed by atoms with E-state index in [2.05, 4.69) is 17.2 Å². The Morgan fingerprint density at radius 1 is 1.28 bits per heavy atom. The molecule has 1 amide bonds. The first kappa shape index (κ1) is 14.6.